The standard InChI is InChI=1S/C4H9NO2S/c1-3-4-8(6,7)5-2/h3-5H,1-2H3. The SMILES string of the molecule is CC=CS(=O)(=O)NC. The third-order valence-electron chi connectivity index (χ3n) is 0.600. The summed E-state index contributed by atoms with van der Waals surface area (Å²) in [6.07, 6.45) is 1.46. The van der Waals surface area contributed by atoms with Crippen LogP contribution in [-0.2, 0) is 10.0 Å². The Bertz CT molecular complexity index is 168. The second-order valence-corrected chi connectivity index (χ2v) is 2.99. The molecule has 0 saturated carbocycles. The van der Waals surface area contributed by atoms with Crippen molar-refractivity contribution in [2.45, 2.75) is 6.92 Å². The molecule has 4 heteroatoms. The predicted octanol–water partition coefficient (Wildman–Crippen LogP) is 0.0692. The maximum Gasteiger partial charge on any atom is 0.233 e. The van der Waals surface area contributed by atoms with E-state index in [-0.39, 0.29) is 0 Å². The summed E-state index contributed by atoms with van der Waals surface area (Å²) in [6.45, 7) is 1.65. The molecule has 1 N–H and O–H groups in total. The minimum Gasteiger partial charge on any atom is -0.215 e. The van der Waals surface area contributed by atoms with Crippen LogP contribution in [0.2, 0.25) is 0 Å². The van der Waals surface area contributed by atoms with Crippen molar-refractivity contribution in [3.05, 3.63) is 11.5 Å². The summed E-state index contributed by atoms with van der Waals surface area (Å²) >= 11 is 0. The van der Waals surface area contributed by atoms with Crippen molar-refractivity contribution in [3.63, 3.8) is 0 Å². The zero-order valence-electron chi connectivity index (χ0n) is 4.88. The number of rotatable bonds is 2. The van der Waals surface area contributed by atoms with Crippen LogP contribution in [0.5, 0.6) is 0 Å². The second kappa shape index (κ2) is 2.84. The molecule has 0 bridgehead atoms. The molecule has 3 nitrogen and oxygen atoms in total. The molecular formula is C4H9NO2S. The normalized spacial score (nSPS) is 12.8. The number of hydrogen-bond donors (Lipinski definition) is 1. The summed E-state index contributed by atoms with van der Waals surface area (Å²) in [6, 6.07) is 0. The fraction of sp³-hybridized carbons (Fsp3) is 0.500. The predicted molar refractivity (Wildman–Crippen MR) is 32.8 cm³/mol. The molecule has 0 aromatic heterocycles. The molecule has 0 aromatic carbocycles. The Kier molecular flexibility index (Phi) is 2.71. The number of sulfonamides is 1. The van der Waals surface area contributed by atoms with E-state index in [1.165, 1.54) is 13.1 Å². The molecule has 0 aliphatic rings. The lowest BCUT2D eigenvalue weighted by molar-refractivity contribution is 0.597. The lowest BCUT2D eigenvalue weighted by Crippen LogP contribution is -2.14. The van der Waals surface area contributed by atoms with Crippen LogP contribution < -0.4 is 4.72 Å². The maximum absolute atomic E-state index is 10.4. The van der Waals surface area contributed by atoms with E-state index in [0.717, 1.165) is 5.41 Å². The maximum atomic E-state index is 10.4. The molecule has 48 valence electrons. The quantitative estimate of drug-likeness (QED) is 0.582. The molecule has 0 aliphatic heterocycles. The highest BCUT2D eigenvalue weighted by Crippen LogP contribution is 1.81. The Labute approximate surface area is 49.5 Å². The lowest BCUT2D eigenvalue weighted by Gasteiger charge is -1.89. The Morgan fingerprint density at radius 1 is 1.50 bits per heavy atom. The average molecular weight is 135 g/mol. The molecule has 0 atom stereocenters. The van der Waals surface area contributed by atoms with E-state index in [4.69, 9.17) is 0 Å². The van der Waals surface area contributed by atoms with Crippen molar-refractivity contribution in [2.24, 2.45) is 0 Å². The van der Waals surface area contributed by atoms with Gasteiger partial charge in [-0.1, -0.05) is 6.08 Å². The Morgan fingerprint density at radius 3 is 2.12 bits per heavy atom. The van der Waals surface area contributed by atoms with Gasteiger partial charge < -0.3 is 0 Å². The number of allylic oxidation sites excluding steroid dienone is 1. The van der Waals surface area contributed by atoms with Gasteiger partial charge in [0.25, 0.3) is 0 Å². The van der Waals surface area contributed by atoms with E-state index in [2.05, 4.69) is 4.72 Å². The summed E-state index contributed by atoms with van der Waals surface area (Å²) < 4.78 is 22.9. The zero-order valence-corrected chi connectivity index (χ0v) is 5.70. The Hall–Kier alpha value is -0.350. The molecule has 0 spiro atoms. The molecule has 8 heavy (non-hydrogen) atoms. The molecule has 0 aliphatic carbocycles. The smallest absolute Gasteiger partial charge is 0.215 e. The van der Waals surface area contributed by atoms with Crippen LogP contribution >= 0.6 is 0 Å². The topological polar surface area (TPSA) is 46.2 Å². The summed E-state index contributed by atoms with van der Waals surface area (Å²) in [5.41, 5.74) is 0. The van der Waals surface area contributed by atoms with E-state index >= 15 is 0 Å². The van der Waals surface area contributed by atoms with Gasteiger partial charge in [-0.25, -0.2) is 13.1 Å². The third-order valence-corrected chi connectivity index (χ3v) is 1.80. The van der Waals surface area contributed by atoms with Crippen molar-refractivity contribution >= 4 is 10.0 Å². The summed E-state index contributed by atoms with van der Waals surface area (Å²) in [5.74, 6) is 0. The highest BCUT2D eigenvalue weighted by atomic mass is 32.2. The molecule has 0 radical (unpaired) electrons. The second-order valence-electron chi connectivity index (χ2n) is 1.22. The molecule has 0 saturated heterocycles. The van der Waals surface area contributed by atoms with Gasteiger partial charge >= 0.3 is 0 Å². The van der Waals surface area contributed by atoms with E-state index in [9.17, 15) is 8.42 Å². The molecule has 0 amide bonds. The summed E-state index contributed by atoms with van der Waals surface area (Å²) in [7, 11) is -1.73. The number of hydrogen-bond acceptors (Lipinski definition) is 2. The zero-order chi connectivity index (χ0) is 6.62. The number of nitrogens with one attached hydrogen (secondary N) is 1. The molecule has 0 unspecified atom stereocenters. The van der Waals surface area contributed by atoms with Crippen molar-refractivity contribution in [1.82, 2.24) is 4.72 Å². The largest absolute Gasteiger partial charge is 0.233 e. The van der Waals surface area contributed by atoms with Gasteiger partial charge in [0.05, 0.1) is 0 Å². The fourth-order valence-corrected chi connectivity index (χ4v) is 0.742. The van der Waals surface area contributed by atoms with E-state index in [0.29, 0.717) is 0 Å². The first-order valence-electron chi connectivity index (χ1n) is 2.18. The molecule has 0 fully saturated rings. The van der Waals surface area contributed by atoms with E-state index in [1.807, 2.05) is 0 Å². The van der Waals surface area contributed by atoms with Gasteiger partial charge in [-0.3, -0.25) is 0 Å². The fourth-order valence-electron chi connectivity index (χ4n) is 0.247. The van der Waals surface area contributed by atoms with Gasteiger partial charge in [0.2, 0.25) is 10.0 Å². The van der Waals surface area contributed by atoms with Gasteiger partial charge in [0.1, 0.15) is 0 Å². The highest BCUT2D eigenvalue weighted by Gasteiger charge is 1.95. The van der Waals surface area contributed by atoms with Gasteiger partial charge in [0, 0.05) is 5.41 Å². The van der Waals surface area contributed by atoms with Crippen LogP contribution in [0.15, 0.2) is 11.5 Å². The first-order chi connectivity index (χ1) is 3.62. The first-order valence-corrected chi connectivity index (χ1v) is 3.73. The molecule has 0 heterocycles. The van der Waals surface area contributed by atoms with Crippen LogP contribution in [0.3, 0.4) is 0 Å². The van der Waals surface area contributed by atoms with Crippen LogP contribution in [0.4, 0.5) is 0 Å². The van der Waals surface area contributed by atoms with E-state index < -0.39 is 10.0 Å². The summed E-state index contributed by atoms with van der Waals surface area (Å²) in [4.78, 5) is 0. The van der Waals surface area contributed by atoms with Gasteiger partial charge in [0.15, 0.2) is 0 Å². The lowest BCUT2D eigenvalue weighted by atomic mass is 10.8. The minimum absolute atomic E-state index is 1.10. The van der Waals surface area contributed by atoms with Crippen molar-refractivity contribution in [2.75, 3.05) is 7.05 Å². The first kappa shape index (κ1) is 7.65. The average Bonchev–Trinajstić information content (AvgIpc) is 1.67. The van der Waals surface area contributed by atoms with Crippen molar-refractivity contribution in [1.29, 1.82) is 0 Å². The third kappa shape index (κ3) is 2.76. The van der Waals surface area contributed by atoms with E-state index in [1.54, 1.807) is 6.92 Å². The van der Waals surface area contributed by atoms with Crippen LogP contribution in [0, 0.1) is 0 Å². The van der Waals surface area contributed by atoms with Crippen LogP contribution in [0.25, 0.3) is 0 Å². The van der Waals surface area contributed by atoms with Gasteiger partial charge in [-0.05, 0) is 14.0 Å². The van der Waals surface area contributed by atoms with Gasteiger partial charge in [-0.15, -0.1) is 0 Å². The Morgan fingerprint density at radius 2 is 2.00 bits per heavy atom. The molecule has 0 aromatic rings. The van der Waals surface area contributed by atoms with Crippen molar-refractivity contribution in [3.8, 4) is 0 Å². The van der Waals surface area contributed by atoms with Crippen LogP contribution in [0.1, 0.15) is 6.92 Å². The monoisotopic (exact) mass is 135 g/mol. The molecular weight excluding hydrogens is 126 g/mol. The highest BCUT2D eigenvalue weighted by molar-refractivity contribution is 7.92. The Balaban J connectivity index is 4.17. The van der Waals surface area contributed by atoms with Crippen molar-refractivity contribution < 1.29 is 8.42 Å². The summed E-state index contributed by atoms with van der Waals surface area (Å²) in [5, 5.41) is 1.10. The van der Waals surface area contributed by atoms with Crippen LogP contribution in [-0.4, -0.2) is 15.5 Å². The minimum atomic E-state index is -3.10. The molecule has 0 rings (SSSR count). The van der Waals surface area contributed by atoms with Gasteiger partial charge in [-0.2, -0.15) is 0 Å².